The van der Waals surface area contributed by atoms with Crippen molar-refractivity contribution < 1.29 is 17.9 Å². The second-order valence-electron chi connectivity index (χ2n) is 5.51. The number of methoxy groups -OCH3 is 1. The largest absolute Gasteiger partial charge is 0.384 e. The lowest BCUT2D eigenvalue weighted by atomic mass is 10.0. The fourth-order valence-corrected chi connectivity index (χ4v) is 3.85. The molecule has 2 aliphatic rings. The molecular weight excluding hydrogens is 292 g/mol. The van der Waals surface area contributed by atoms with Crippen molar-refractivity contribution in [2.45, 2.75) is 23.3 Å². The monoisotopic (exact) mass is 312 g/mol. The second kappa shape index (κ2) is 5.57. The van der Waals surface area contributed by atoms with E-state index in [4.69, 9.17) is 9.47 Å². The Labute approximate surface area is 124 Å². The molecule has 1 aromatic rings. The number of anilines is 1. The van der Waals surface area contributed by atoms with E-state index in [1.807, 2.05) is 6.07 Å². The Morgan fingerprint density at radius 1 is 1.48 bits per heavy atom. The topological polar surface area (TPSA) is 76.7 Å². The van der Waals surface area contributed by atoms with E-state index >= 15 is 0 Å². The first-order valence-electron chi connectivity index (χ1n) is 7.04. The maximum absolute atomic E-state index is 12.4. The van der Waals surface area contributed by atoms with Crippen LogP contribution in [0.3, 0.4) is 0 Å². The number of hydrogen-bond acceptors (Lipinski definition) is 5. The van der Waals surface area contributed by atoms with E-state index in [-0.39, 0.29) is 11.4 Å². The Morgan fingerprint density at radius 3 is 3.05 bits per heavy atom. The maximum atomic E-state index is 12.4. The van der Waals surface area contributed by atoms with Gasteiger partial charge in [0.05, 0.1) is 11.5 Å². The third-order valence-electron chi connectivity index (χ3n) is 4.19. The minimum atomic E-state index is -3.54. The molecule has 2 aliphatic heterocycles. The number of ether oxygens (including phenoxy) is 2. The molecule has 1 aromatic carbocycles. The highest BCUT2D eigenvalue weighted by Crippen LogP contribution is 2.26. The van der Waals surface area contributed by atoms with E-state index in [0.717, 1.165) is 24.2 Å². The summed E-state index contributed by atoms with van der Waals surface area (Å²) in [5, 5.41) is 3.19. The predicted octanol–water partition coefficient (Wildman–Crippen LogP) is 0.738. The summed E-state index contributed by atoms with van der Waals surface area (Å²) in [6.45, 7) is 2.09. The van der Waals surface area contributed by atoms with E-state index in [0.29, 0.717) is 19.6 Å². The summed E-state index contributed by atoms with van der Waals surface area (Å²) in [5.41, 5.74) is 1.51. The average molecular weight is 312 g/mol. The minimum Gasteiger partial charge on any atom is -0.384 e. The van der Waals surface area contributed by atoms with E-state index < -0.39 is 15.6 Å². The van der Waals surface area contributed by atoms with Gasteiger partial charge in [-0.05, 0) is 24.1 Å². The van der Waals surface area contributed by atoms with Gasteiger partial charge in [-0.25, -0.2) is 13.1 Å². The summed E-state index contributed by atoms with van der Waals surface area (Å²) in [6, 6.07) is 5.21. The molecule has 0 aliphatic carbocycles. The normalized spacial score (nSPS) is 24.8. The van der Waals surface area contributed by atoms with Gasteiger partial charge in [-0.2, -0.15) is 0 Å². The van der Waals surface area contributed by atoms with Crippen LogP contribution in [-0.4, -0.2) is 47.4 Å². The molecule has 0 spiro atoms. The van der Waals surface area contributed by atoms with E-state index in [1.54, 1.807) is 19.2 Å². The van der Waals surface area contributed by atoms with Gasteiger partial charge in [-0.1, -0.05) is 6.07 Å². The van der Waals surface area contributed by atoms with Crippen molar-refractivity contribution in [3.63, 3.8) is 0 Å². The second-order valence-corrected chi connectivity index (χ2v) is 7.28. The van der Waals surface area contributed by atoms with Gasteiger partial charge in [0, 0.05) is 38.9 Å². The zero-order valence-electron chi connectivity index (χ0n) is 12.0. The molecular formula is C14H20N2O4S. The molecule has 0 bridgehead atoms. The van der Waals surface area contributed by atoms with Crippen molar-refractivity contribution >= 4 is 15.7 Å². The first-order valence-corrected chi connectivity index (χ1v) is 8.52. The average Bonchev–Trinajstić information content (AvgIpc) is 3.14. The molecule has 2 N–H and O–H groups in total. The van der Waals surface area contributed by atoms with Gasteiger partial charge in [0.2, 0.25) is 10.0 Å². The Balaban J connectivity index is 1.75. The quantitative estimate of drug-likeness (QED) is 0.838. The Bertz CT molecular complexity index is 624. The Morgan fingerprint density at radius 2 is 2.33 bits per heavy atom. The SMILES string of the molecule is COC1(CNS(=O)(=O)c2ccc3c(c2)NCC3)CCOC1. The van der Waals surface area contributed by atoms with Crippen molar-refractivity contribution in [1.29, 1.82) is 0 Å². The van der Waals surface area contributed by atoms with Crippen LogP contribution >= 0.6 is 0 Å². The van der Waals surface area contributed by atoms with E-state index in [9.17, 15) is 8.42 Å². The highest BCUT2D eigenvalue weighted by molar-refractivity contribution is 7.89. The number of nitrogens with one attached hydrogen (secondary N) is 2. The van der Waals surface area contributed by atoms with Crippen molar-refractivity contribution in [3.05, 3.63) is 23.8 Å². The molecule has 7 heteroatoms. The van der Waals surface area contributed by atoms with Crippen LogP contribution in [0.5, 0.6) is 0 Å². The molecule has 1 atom stereocenters. The summed E-state index contributed by atoms with van der Waals surface area (Å²) in [7, 11) is -1.96. The maximum Gasteiger partial charge on any atom is 0.240 e. The zero-order valence-corrected chi connectivity index (χ0v) is 12.8. The summed E-state index contributed by atoms with van der Waals surface area (Å²) in [5.74, 6) is 0. The number of benzene rings is 1. The van der Waals surface area contributed by atoms with Gasteiger partial charge in [-0.3, -0.25) is 0 Å². The first kappa shape index (κ1) is 14.8. The number of rotatable bonds is 5. The molecule has 21 heavy (non-hydrogen) atoms. The standard InChI is InChI=1S/C14H20N2O4S/c1-19-14(5-7-20-10-14)9-16-21(17,18)12-3-2-11-4-6-15-13(11)8-12/h2-3,8,15-16H,4-7,9-10H2,1H3. The Kier molecular flexibility index (Phi) is 3.92. The van der Waals surface area contributed by atoms with Crippen LogP contribution in [0.25, 0.3) is 0 Å². The molecule has 0 aromatic heterocycles. The van der Waals surface area contributed by atoms with Gasteiger partial charge < -0.3 is 14.8 Å². The lowest BCUT2D eigenvalue weighted by Crippen LogP contribution is -2.44. The summed E-state index contributed by atoms with van der Waals surface area (Å²) in [4.78, 5) is 0.279. The molecule has 1 saturated heterocycles. The summed E-state index contributed by atoms with van der Waals surface area (Å²) in [6.07, 6.45) is 1.63. The molecule has 6 nitrogen and oxygen atoms in total. The summed E-state index contributed by atoms with van der Waals surface area (Å²) < 4.78 is 38.2. The van der Waals surface area contributed by atoms with Gasteiger partial charge in [0.25, 0.3) is 0 Å². The summed E-state index contributed by atoms with van der Waals surface area (Å²) >= 11 is 0. The minimum absolute atomic E-state index is 0.219. The molecule has 116 valence electrons. The van der Waals surface area contributed by atoms with Gasteiger partial charge in [0.1, 0.15) is 5.60 Å². The Hall–Kier alpha value is -1.15. The number of hydrogen-bond donors (Lipinski definition) is 2. The van der Waals surface area contributed by atoms with Gasteiger partial charge >= 0.3 is 0 Å². The molecule has 0 radical (unpaired) electrons. The van der Waals surface area contributed by atoms with Crippen LogP contribution in [0.15, 0.2) is 23.1 Å². The van der Waals surface area contributed by atoms with Crippen molar-refractivity contribution in [2.24, 2.45) is 0 Å². The number of sulfonamides is 1. The predicted molar refractivity (Wildman–Crippen MR) is 79.0 cm³/mol. The molecule has 2 heterocycles. The van der Waals surface area contributed by atoms with Crippen LogP contribution in [0.1, 0.15) is 12.0 Å². The molecule has 1 fully saturated rings. The van der Waals surface area contributed by atoms with E-state index in [2.05, 4.69) is 10.0 Å². The van der Waals surface area contributed by atoms with Crippen molar-refractivity contribution in [3.8, 4) is 0 Å². The molecule has 1 unspecified atom stereocenters. The smallest absolute Gasteiger partial charge is 0.240 e. The molecule has 3 rings (SSSR count). The van der Waals surface area contributed by atoms with Crippen molar-refractivity contribution in [1.82, 2.24) is 4.72 Å². The van der Waals surface area contributed by atoms with Crippen LogP contribution < -0.4 is 10.0 Å². The first-order chi connectivity index (χ1) is 10.0. The molecule has 0 saturated carbocycles. The lowest BCUT2D eigenvalue weighted by molar-refractivity contribution is -0.0120. The van der Waals surface area contributed by atoms with Gasteiger partial charge in [-0.15, -0.1) is 0 Å². The van der Waals surface area contributed by atoms with Crippen LogP contribution in [0.2, 0.25) is 0 Å². The van der Waals surface area contributed by atoms with Crippen LogP contribution in [-0.2, 0) is 25.9 Å². The number of fused-ring (bicyclic) bond motifs is 1. The van der Waals surface area contributed by atoms with Crippen LogP contribution in [0, 0.1) is 0 Å². The highest BCUT2D eigenvalue weighted by atomic mass is 32.2. The third kappa shape index (κ3) is 2.91. The van der Waals surface area contributed by atoms with Gasteiger partial charge in [0.15, 0.2) is 0 Å². The molecule has 0 amide bonds. The van der Waals surface area contributed by atoms with Crippen LogP contribution in [0.4, 0.5) is 5.69 Å². The zero-order chi connectivity index (χ0) is 14.9. The third-order valence-corrected chi connectivity index (χ3v) is 5.58. The fraction of sp³-hybridized carbons (Fsp3) is 0.571. The van der Waals surface area contributed by atoms with E-state index in [1.165, 1.54) is 0 Å². The fourth-order valence-electron chi connectivity index (χ4n) is 2.71. The van der Waals surface area contributed by atoms with Crippen molar-refractivity contribution in [2.75, 3.05) is 38.7 Å². The highest BCUT2D eigenvalue weighted by Gasteiger charge is 2.36. The lowest BCUT2D eigenvalue weighted by Gasteiger charge is -2.25.